The van der Waals surface area contributed by atoms with Crippen LogP contribution in [0, 0.1) is 0 Å². The zero-order valence-corrected chi connectivity index (χ0v) is 13.8. The molecule has 0 unspecified atom stereocenters. The first-order valence-electron chi connectivity index (χ1n) is 8.11. The van der Waals surface area contributed by atoms with Crippen LogP contribution in [0.1, 0.15) is 16.1 Å². The summed E-state index contributed by atoms with van der Waals surface area (Å²) in [6.45, 7) is 0.280. The number of para-hydroxylation sites is 2. The van der Waals surface area contributed by atoms with Crippen LogP contribution in [0.15, 0.2) is 82.3 Å². The molecule has 128 valence electrons. The van der Waals surface area contributed by atoms with Crippen molar-refractivity contribution in [2.45, 2.75) is 6.54 Å². The maximum absolute atomic E-state index is 12.3. The van der Waals surface area contributed by atoms with Gasteiger partial charge in [0.05, 0.1) is 17.3 Å². The van der Waals surface area contributed by atoms with E-state index in [0.29, 0.717) is 11.0 Å². The van der Waals surface area contributed by atoms with Crippen LogP contribution in [0.25, 0.3) is 16.7 Å². The monoisotopic (exact) mass is 345 g/mol. The van der Waals surface area contributed by atoms with Gasteiger partial charge in [-0.1, -0.05) is 30.3 Å². The molecule has 4 rings (SSSR count). The lowest BCUT2D eigenvalue weighted by molar-refractivity contribution is 0.0923. The van der Waals surface area contributed by atoms with Crippen molar-refractivity contribution in [2.75, 3.05) is 0 Å². The van der Waals surface area contributed by atoms with E-state index in [1.165, 1.54) is 6.07 Å². The zero-order chi connectivity index (χ0) is 17.9. The predicted octanol–water partition coefficient (Wildman–Crippen LogP) is 2.91. The summed E-state index contributed by atoms with van der Waals surface area (Å²) in [5, 5.41) is 7.48. The van der Waals surface area contributed by atoms with Crippen molar-refractivity contribution in [3.05, 3.63) is 94.6 Å². The zero-order valence-electron chi connectivity index (χ0n) is 13.8. The predicted molar refractivity (Wildman–Crippen MR) is 97.2 cm³/mol. The molecule has 0 radical (unpaired) electrons. The minimum absolute atomic E-state index is 0.0100. The Morgan fingerprint density at radius 2 is 1.85 bits per heavy atom. The highest BCUT2D eigenvalue weighted by Crippen LogP contribution is 2.12. The Morgan fingerprint density at radius 3 is 2.69 bits per heavy atom. The normalized spacial score (nSPS) is 10.8. The van der Waals surface area contributed by atoms with Gasteiger partial charge in [0.2, 0.25) is 0 Å². The molecule has 6 heteroatoms. The second kappa shape index (κ2) is 6.68. The Labute approximate surface area is 148 Å². The van der Waals surface area contributed by atoms with Crippen LogP contribution in [0.5, 0.6) is 0 Å². The van der Waals surface area contributed by atoms with Crippen LogP contribution in [0.3, 0.4) is 0 Å². The van der Waals surface area contributed by atoms with Gasteiger partial charge in [-0.3, -0.25) is 9.59 Å². The van der Waals surface area contributed by atoms with Gasteiger partial charge in [0.15, 0.2) is 11.2 Å². The average molecular weight is 345 g/mol. The van der Waals surface area contributed by atoms with Crippen molar-refractivity contribution < 1.29 is 9.21 Å². The van der Waals surface area contributed by atoms with E-state index in [9.17, 15) is 9.59 Å². The SMILES string of the molecule is O=C(NCc1cnn(-c2ccccc2)c1)c1cc(=O)c2ccccc2o1. The van der Waals surface area contributed by atoms with Gasteiger partial charge >= 0.3 is 0 Å². The number of carbonyl (C=O) groups is 1. The van der Waals surface area contributed by atoms with Gasteiger partial charge in [-0.05, 0) is 24.3 Å². The minimum Gasteiger partial charge on any atom is -0.451 e. The molecule has 0 atom stereocenters. The van der Waals surface area contributed by atoms with Crippen LogP contribution < -0.4 is 10.7 Å². The molecule has 0 bridgehead atoms. The fourth-order valence-corrected chi connectivity index (χ4v) is 2.66. The number of benzene rings is 2. The smallest absolute Gasteiger partial charge is 0.287 e. The van der Waals surface area contributed by atoms with Gasteiger partial charge in [0, 0.05) is 24.4 Å². The molecule has 0 saturated carbocycles. The quantitative estimate of drug-likeness (QED) is 0.617. The van der Waals surface area contributed by atoms with Crippen molar-refractivity contribution in [2.24, 2.45) is 0 Å². The molecule has 1 amide bonds. The van der Waals surface area contributed by atoms with E-state index < -0.39 is 5.91 Å². The molecule has 0 aliphatic rings. The summed E-state index contributed by atoms with van der Waals surface area (Å²) in [6, 6.07) is 17.7. The Balaban J connectivity index is 1.49. The third kappa shape index (κ3) is 3.12. The van der Waals surface area contributed by atoms with E-state index in [0.717, 1.165) is 11.3 Å². The Hall–Kier alpha value is -3.67. The fraction of sp³-hybridized carbons (Fsp3) is 0.0500. The van der Waals surface area contributed by atoms with Crippen molar-refractivity contribution in [3.8, 4) is 5.69 Å². The number of nitrogens with zero attached hydrogens (tertiary/aromatic N) is 2. The second-order valence-electron chi connectivity index (χ2n) is 5.78. The van der Waals surface area contributed by atoms with E-state index in [1.807, 2.05) is 36.5 Å². The highest BCUT2D eigenvalue weighted by Gasteiger charge is 2.12. The molecular formula is C20H15N3O3. The number of amides is 1. The lowest BCUT2D eigenvalue weighted by atomic mass is 10.2. The van der Waals surface area contributed by atoms with Crippen LogP contribution >= 0.6 is 0 Å². The number of rotatable bonds is 4. The molecule has 0 aliphatic carbocycles. The lowest BCUT2D eigenvalue weighted by Gasteiger charge is -2.04. The van der Waals surface area contributed by atoms with Crippen molar-refractivity contribution >= 4 is 16.9 Å². The fourth-order valence-electron chi connectivity index (χ4n) is 2.66. The standard InChI is InChI=1S/C20H15N3O3/c24-17-10-19(26-18-9-5-4-8-16(17)18)20(25)21-11-14-12-22-23(13-14)15-6-2-1-3-7-15/h1-10,12-13H,11H2,(H,21,25). The highest BCUT2D eigenvalue weighted by molar-refractivity contribution is 5.93. The number of carbonyl (C=O) groups excluding carboxylic acids is 1. The maximum Gasteiger partial charge on any atom is 0.287 e. The molecule has 2 heterocycles. The Morgan fingerprint density at radius 1 is 1.08 bits per heavy atom. The molecule has 26 heavy (non-hydrogen) atoms. The van der Waals surface area contributed by atoms with Crippen LogP contribution in [-0.2, 0) is 6.54 Å². The van der Waals surface area contributed by atoms with Crippen LogP contribution in [0.2, 0.25) is 0 Å². The summed E-state index contributed by atoms with van der Waals surface area (Å²) < 4.78 is 7.27. The minimum atomic E-state index is -0.444. The van der Waals surface area contributed by atoms with Crippen molar-refractivity contribution in [1.29, 1.82) is 0 Å². The molecule has 0 saturated heterocycles. The summed E-state index contributed by atoms with van der Waals surface area (Å²) in [6.07, 6.45) is 3.52. The number of hydrogen-bond acceptors (Lipinski definition) is 4. The van der Waals surface area contributed by atoms with Crippen molar-refractivity contribution in [3.63, 3.8) is 0 Å². The molecule has 0 fully saturated rings. The molecule has 1 N–H and O–H groups in total. The number of aromatic nitrogens is 2. The molecule has 2 aromatic heterocycles. The third-order valence-corrected chi connectivity index (χ3v) is 3.97. The van der Waals surface area contributed by atoms with E-state index >= 15 is 0 Å². The van der Waals surface area contributed by atoms with Gasteiger partial charge in [-0.15, -0.1) is 0 Å². The lowest BCUT2D eigenvalue weighted by Crippen LogP contribution is -2.23. The van der Waals surface area contributed by atoms with Gasteiger partial charge in [0.25, 0.3) is 5.91 Å². The summed E-state index contributed by atoms with van der Waals surface area (Å²) in [5.74, 6) is -0.454. The second-order valence-corrected chi connectivity index (χ2v) is 5.78. The van der Waals surface area contributed by atoms with E-state index in [-0.39, 0.29) is 17.7 Å². The van der Waals surface area contributed by atoms with E-state index in [1.54, 1.807) is 35.1 Å². The maximum atomic E-state index is 12.3. The van der Waals surface area contributed by atoms with Crippen LogP contribution in [0.4, 0.5) is 0 Å². The number of hydrogen-bond donors (Lipinski definition) is 1. The molecule has 0 aliphatic heterocycles. The molecule has 4 aromatic rings. The van der Waals surface area contributed by atoms with Gasteiger partial charge < -0.3 is 9.73 Å². The van der Waals surface area contributed by atoms with Crippen molar-refractivity contribution in [1.82, 2.24) is 15.1 Å². The summed E-state index contributed by atoms with van der Waals surface area (Å²) >= 11 is 0. The third-order valence-electron chi connectivity index (χ3n) is 3.97. The first kappa shape index (κ1) is 15.8. The van der Waals surface area contributed by atoms with Gasteiger partial charge in [0.1, 0.15) is 5.58 Å². The largest absolute Gasteiger partial charge is 0.451 e. The van der Waals surface area contributed by atoms with Gasteiger partial charge in [-0.2, -0.15) is 5.10 Å². The Kier molecular flexibility index (Phi) is 4.07. The summed E-state index contributed by atoms with van der Waals surface area (Å²) in [7, 11) is 0. The Bertz CT molecular complexity index is 1130. The number of nitrogens with one attached hydrogen (secondary N) is 1. The summed E-state index contributed by atoms with van der Waals surface area (Å²) in [5.41, 5.74) is 1.92. The molecule has 0 spiro atoms. The first-order chi connectivity index (χ1) is 12.7. The van der Waals surface area contributed by atoms with Crippen LogP contribution in [-0.4, -0.2) is 15.7 Å². The van der Waals surface area contributed by atoms with E-state index in [4.69, 9.17) is 4.42 Å². The average Bonchev–Trinajstić information content (AvgIpc) is 3.16. The number of fused-ring (bicyclic) bond motifs is 1. The summed E-state index contributed by atoms with van der Waals surface area (Å²) in [4.78, 5) is 24.4. The molecule has 6 nitrogen and oxygen atoms in total. The van der Waals surface area contributed by atoms with Gasteiger partial charge in [-0.25, -0.2) is 4.68 Å². The molecule has 2 aromatic carbocycles. The highest BCUT2D eigenvalue weighted by atomic mass is 16.3. The first-order valence-corrected chi connectivity index (χ1v) is 8.11. The molecular weight excluding hydrogens is 330 g/mol. The van der Waals surface area contributed by atoms with E-state index in [2.05, 4.69) is 10.4 Å². The topological polar surface area (TPSA) is 77.1 Å².